The minimum absolute atomic E-state index is 0.778. The highest BCUT2D eigenvalue weighted by atomic mass is 35.5. The maximum absolute atomic E-state index is 6.04. The molecule has 0 spiro atoms. The molecule has 2 heterocycles. The minimum Gasteiger partial charge on any atom is -0.347 e. The number of fused-ring (bicyclic) bond motifs is 1. The molecule has 0 unspecified atom stereocenters. The number of pyridine rings is 1. The Morgan fingerprint density at radius 2 is 2.06 bits per heavy atom. The first kappa shape index (κ1) is 11.3. The molecule has 0 aliphatic rings. The van der Waals surface area contributed by atoms with E-state index in [-0.39, 0.29) is 0 Å². The summed E-state index contributed by atoms with van der Waals surface area (Å²) in [6, 6.07) is 14.1. The zero-order valence-electron chi connectivity index (χ0n) is 9.88. The number of halogens is 1. The molecule has 2 aromatic heterocycles. The molecule has 0 fully saturated rings. The molecular weight excluding hydrogens is 244 g/mol. The third-order valence-electron chi connectivity index (χ3n) is 3.07. The Labute approximate surface area is 111 Å². The summed E-state index contributed by atoms with van der Waals surface area (Å²) in [6.45, 7) is 0.918. The zero-order valence-corrected chi connectivity index (χ0v) is 10.6. The van der Waals surface area contributed by atoms with Crippen molar-refractivity contribution in [3.8, 4) is 0 Å². The smallest absolute Gasteiger partial charge is 0.0495 e. The van der Waals surface area contributed by atoms with Crippen LogP contribution in [-0.4, -0.2) is 9.55 Å². The summed E-state index contributed by atoms with van der Waals surface area (Å²) in [7, 11) is 0. The van der Waals surface area contributed by atoms with E-state index in [2.05, 4.69) is 33.9 Å². The van der Waals surface area contributed by atoms with Crippen LogP contribution in [0.4, 0.5) is 0 Å². The molecule has 0 saturated heterocycles. The molecule has 0 aliphatic carbocycles. The lowest BCUT2D eigenvalue weighted by Gasteiger charge is -2.05. The predicted molar refractivity (Wildman–Crippen MR) is 74.9 cm³/mol. The van der Waals surface area contributed by atoms with E-state index in [4.69, 9.17) is 11.6 Å². The lowest BCUT2D eigenvalue weighted by Crippen LogP contribution is -2.00. The summed E-state index contributed by atoms with van der Waals surface area (Å²) in [4.78, 5) is 4.34. The maximum Gasteiger partial charge on any atom is 0.0495 e. The van der Waals surface area contributed by atoms with Crippen LogP contribution in [0.15, 0.2) is 54.9 Å². The van der Waals surface area contributed by atoms with Crippen LogP contribution in [0.1, 0.15) is 5.69 Å². The van der Waals surface area contributed by atoms with Crippen molar-refractivity contribution in [1.82, 2.24) is 9.55 Å². The molecule has 0 bridgehead atoms. The van der Waals surface area contributed by atoms with Gasteiger partial charge in [0.1, 0.15) is 0 Å². The summed E-state index contributed by atoms with van der Waals surface area (Å²) < 4.78 is 2.22. The number of benzene rings is 1. The van der Waals surface area contributed by atoms with Crippen molar-refractivity contribution in [3.05, 3.63) is 65.6 Å². The molecule has 0 aliphatic heterocycles. The molecule has 3 rings (SSSR count). The summed E-state index contributed by atoms with van der Waals surface area (Å²) in [6.07, 6.45) is 4.86. The highest BCUT2D eigenvalue weighted by Crippen LogP contribution is 2.20. The first-order valence-electron chi connectivity index (χ1n) is 5.97. The molecule has 0 amide bonds. The number of aromatic nitrogens is 2. The Balaban J connectivity index is 1.85. The fourth-order valence-electron chi connectivity index (χ4n) is 2.13. The number of hydrogen-bond donors (Lipinski definition) is 0. The highest BCUT2D eigenvalue weighted by molar-refractivity contribution is 6.31. The van der Waals surface area contributed by atoms with E-state index in [1.54, 1.807) is 0 Å². The third-order valence-corrected chi connectivity index (χ3v) is 3.31. The van der Waals surface area contributed by atoms with Gasteiger partial charge in [0.05, 0.1) is 0 Å². The molecule has 0 atom stereocenters. The zero-order chi connectivity index (χ0) is 12.4. The van der Waals surface area contributed by atoms with Crippen LogP contribution >= 0.6 is 11.6 Å². The van der Waals surface area contributed by atoms with Crippen LogP contribution in [0.5, 0.6) is 0 Å². The molecule has 3 aromatic rings. The summed E-state index contributed by atoms with van der Waals surface area (Å²) in [5, 5.41) is 2.00. The minimum atomic E-state index is 0.778. The number of rotatable bonds is 3. The van der Waals surface area contributed by atoms with E-state index in [0.29, 0.717) is 0 Å². The van der Waals surface area contributed by atoms with Crippen LogP contribution in [0.2, 0.25) is 5.02 Å². The lowest BCUT2D eigenvalue weighted by molar-refractivity contribution is 0.710. The van der Waals surface area contributed by atoms with E-state index in [1.807, 2.05) is 30.5 Å². The van der Waals surface area contributed by atoms with Crippen molar-refractivity contribution >= 4 is 22.5 Å². The monoisotopic (exact) mass is 256 g/mol. The van der Waals surface area contributed by atoms with Gasteiger partial charge < -0.3 is 4.57 Å². The topological polar surface area (TPSA) is 17.8 Å². The number of aryl methyl sites for hydroxylation is 2. The molecule has 18 heavy (non-hydrogen) atoms. The van der Waals surface area contributed by atoms with Gasteiger partial charge in [-0.05, 0) is 35.7 Å². The molecule has 2 nitrogen and oxygen atoms in total. The summed E-state index contributed by atoms with van der Waals surface area (Å²) >= 11 is 6.04. The predicted octanol–water partition coefficient (Wildman–Crippen LogP) is 3.93. The van der Waals surface area contributed by atoms with Crippen LogP contribution in [0.25, 0.3) is 10.9 Å². The van der Waals surface area contributed by atoms with E-state index >= 15 is 0 Å². The van der Waals surface area contributed by atoms with Gasteiger partial charge in [0.25, 0.3) is 0 Å². The second-order valence-corrected chi connectivity index (χ2v) is 4.72. The molecule has 0 radical (unpaired) electrons. The van der Waals surface area contributed by atoms with Gasteiger partial charge in [-0.2, -0.15) is 0 Å². The van der Waals surface area contributed by atoms with Crippen molar-refractivity contribution in [2.45, 2.75) is 13.0 Å². The summed E-state index contributed by atoms with van der Waals surface area (Å²) in [5.41, 5.74) is 2.29. The van der Waals surface area contributed by atoms with Crippen molar-refractivity contribution in [3.63, 3.8) is 0 Å². The third kappa shape index (κ3) is 2.24. The van der Waals surface area contributed by atoms with E-state index in [9.17, 15) is 0 Å². The van der Waals surface area contributed by atoms with Crippen LogP contribution < -0.4 is 0 Å². The van der Waals surface area contributed by atoms with Crippen molar-refractivity contribution in [1.29, 1.82) is 0 Å². The van der Waals surface area contributed by atoms with Gasteiger partial charge in [-0.15, -0.1) is 0 Å². The largest absolute Gasteiger partial charge is 0.347 e. The van der Waals surface area contributed by atoms with Gasteiger partial charge in [-0.3, -0.25) is 4.98 Å². The van der Waals surface area contributed by atoms with Gasteiger partial charge in [-0.25, -0.2) is 0 Å². The van der Waals surface area contributed by atoms with E-state index in [0.717, 1.165) is 23.7 Å². The first-order chi connectivity index (χ1) is 8.83. The Morgan fingerprint density at radius 1 is 1.11 bits per heavy atom. The fourth-order valence-corrected chi connectivity index (χ4v) is 2.30. The second-order valence-electron chi connectivity index (χ2n) is 4.28. The van der Waals surface area contributed by atoms with Gasteiger partial charge in [0, 0.05) is 41.6 Å². The average molecular weight is 257 g/mol. The fraction of sp³-hybridized carbons (Fsp3) is 0.133. The Hall–Kier alpha value is -1.80. The van der Waals surface area contributed by atoms with Crippen LogP contribution in [0, 0.1) is 0 Å². The Bertz CT molecular complexity index is 659. The SMILES string of the molecule is Clc1ccc2ccn(CCc3ccccn3)c2c1. The molecule has 0 saturated carbocycles. The molecule has 90 valence electrons. The van der Waals surface area contributed by atoms with Gasteiger partial charge in [0.15, 0.2) is 0 Å². The molecule has 1 aromatic carbocycles. The van der Waals surface area contributed by atoms with E-state index in [1.165, 1.54) is 10.9 Å². The van der Waals surface area contributed by atoms with Gasteiger partial charge >= 0.3 is 0 Å². The van der Waals surface area contributed by atoms with Gasteiger partial charge in [-0.1, -0.05) is 23.7 Å². The van der Waals surface area contributed by atoms with Gasteiger partial charge in [0.2, 0.25) is 0 Å². The highest BCUT2D eigenvalue weighted by Gasteiger charge is 2.02. The van der Waals surface area contributed by atoms with Crippen LogP contribution in [-0.2, 0) is 13.0 Å². The van der Waals surface area contributed by atoms with E-state index < -0.39 is 0 Å². The molecule has 3 heteroatoms. The normalized spacial score (nSPS) is 10.9. The Kier molecular flexibility index (Phi) is 3.03. The van der Waals surface area contributed by atoms with Crippen molar-refractivity contribution in [2.24, 2.45) is 0 Å². The number of nitrogens with zero attached hydrogens (tertiary/aromatic N) is 2. The first-order valence-corrected chi connectivity index (χ1v) is 6.35. The standard InChI is InChI=1S/C15H13ClN2/c16-13-5-4-12-6-9-18(15(12)11-13)10-7-14-3-1-2-8-17-14/h1-6,8-9,11H,7,10H2. The summed E-state index contributed by atoms with van der Waals surface area (Å²) in [5.74, 6) is 0. The Morgan fingerprint density at radius 3 is 2.89 bits per heavy atom. The quantitative estimate of drug-likeness (QED) is 0.694. The van der Waals surface area contributed by atoms with Crippen LogP contribution in [0.3, 0.4) is 0 Å². The van der Waals surface area contributed by atoms with Crippen molar-refractivity contribution < 1.29 is 0 Å². The molecular formula is C15H13ClN2. The maximum atomic E-state index is 6.04. The molecule has 0 N–H and O–H groups in total. The lowest BCUT2D eigenvalue weighted by atomic mass is 10.2. The number of hydrogen-bond acceptors (Lipinski definition) is 1. The van der Waals surface area contributed by atoms with Crippen molar-refractivity contribution in [2.75, 3.05) is 0 Å². The average Bonchev–Trinajstić information content (AvgIpc) is 2.80. The second kappa shape index (κ2) is 4.83.